The number of aliphatic hydroxyl groups is 1. The molecule has 154 valence electrons. The van der Waals surface area contributed by atoms with E-state index in [2.05, 4.69) is 4.74 Å². The number of piperidine rings is 1. The van der Waals surface area contributed by atoms with Gasteiger partial charge in [-0.1, -0.05) is 0 Å². The molecule has 2 unspecified atom stereocenters. The van der Waals surface area contributed by atoms with E-state index in [-0.39, 0.29) is 30.6 Å². The molecule has 0 aliphatic carbocycles. The van der Waals surface area contributed by atoms with E-state index in [1.807, 2.05) is 0 Å². The van der Waals surface area contributed by atoms with E-state index < -0.39 is 35.8 Å². The number of aldehydes is 1. The summed E-state index contributed by atoms with van der Waals surface area (Å²) in [7, 11) is 2.60. The van der Waals surface area contributed by atoms with E-state index in [0.29, 0.717) is 18.9 Å². The number of hydrogen-bond donors (Lipinski definition) is 1. The quantitative estimate of drug-likeness (QED) is 0.593. The van der Waals surface area contributed by atoms with E-state index in [9.17, 15) is 32.7 Å². The summed E-state index contributed by atoms with van der Waals surface area (Å²) in [6.45, 7) is -0.0660. The number of ether oxygens (including phenoxy) is 1. The number of alkyl halides is 3. The standard InChI is InChI=1S/C18H21F3N2O5/c1-22(13-6-5-12(18(19,20)21)8-11(13)10-24)9-15(26)23-7-3-4-14(25)16(23)17(27)28-2/h5-6,8,10,14,16,25H,3-4,7,9H2,1-2H3. The fraction of sp³-hybridized carbons (Fsp3) is 0.500. The van der Waals surface area contributed by atoms with E-state index in [4.69, 9.17) is 0 Å². The Labute approximate surface area is 159 Å². The maximum Gasteiger partial charge on any atom is 0.416 e. The third-order valence-electron chi connectivity index (χ3n) is 4.63. The van der Waals surface area contributed by atoms with Crippen molar-refractivity contribution >= 4 is 23.9 Å². The lowest BCUT2D eigenvalue weighted by atomic mass is 9.98. The van der Waals surface area contributed by atoms with E-state index >= 15 is 0 Å². The number of carbonyl (C=O) groups is 3. The highest BCUT2D eigenvalue weighted by Gasteiger charge is 2.39. The van der Waals surface area contributed by atoms with Gasteiger partial charge in [0, 0.05) is 24.8 Å². The Morgan fingerprint density at radius 3 is 2.64 bits per heavy atom. The van der Waals surface area contributed by atoms with Gasteiger partial charge in [-0.25, -0.2) is 4.79 Å². The van der Waals surface area contributed by atoms with Gasteiger partial charge in [0.05, 0.1) is 25.3 Å². The average Bonchev–Trinajstić information content (AvgIpc) is 2.65. The van der Waals surface area contributed by atoms with Gasteiger partial charge in [-0.3, -0.25) is 9.59 Å². The Balaban J connectivity index is 2.21. The maximum atomic E-state index is 12.8. The molecule has 0 bridgehead atoms. The second kappa shape index (κ2) is 8.59. The molecule has 1 aromatic rings. The van der Waals surface area contributed by atoms with Crippen LogP contribution in [0, 0.1) is 0 Å². The van der Waals surface area contributed by atoms with Crippen molar-refractivity contribution in [2.24, 2.45) is 0 Å². The van der Waals surface area contributed by atoms with Gasteiger partial charge in [0.2, 0.25) is 5.91 Å². The summed E-state index contributed by atoms with van der Waals surface area (Å²) >= 11 is 0. The van der Waals surface area contributed by atoms with Gasteiger partial charge < -0.3 is 19.6 Å². The molecule has 0 spiro atoms. The van der Waals surface area contributed by atoms with Gasteiger partial charge in [0.1, 0.15) is 0 Å². The van der Waals surface area contributed by atoms with Gasteiger partial charge >= 0.3 is 12.1 Å². The van der Waals surface area contributed by atoms with Crippen LogP contribution in [0.25, 0.3) is 0 Å². The number of anilines is 1. The number of rotatable bonds is 5. The molecular formula is C18H21F3N2O5. The van der Waals surface area contributed by atoms with Crippen molar-refractivity contribution in [1.29, 1.82) is 0 Å². The predicted molar refractivity (Wildman–Crippen MR) is 92.9 cm³/mol. The predicted octanol–water partition coefficient (Wildman–Crippen LogP) is 1.48. The highest BCUT2D eigenvalue weighted by molar-refractivity contribution is 5.90. The first-order chi connectivity index (χ1) is 13.1. The fourth-order valence-corrected chi connectivity index (χ4v) is 3.21. The van der Waals surface area contributed by atoms with Crippen LogP contribution in [-0.4, -0.2) is 67.6 Å². The Hall–Kier alpha value is -2.62. The lowest BCUT2D eigenvalue weighted by Crippen LogP contribution is -2.57. The average molecular weight is 402 g/mol. The smallest absolute Gasteiger partial charge is 0.416 e. The summed E-state index contributed by atoms with van der Waals surface area (Å²) in [6, 6.07) is 1.51. The Bertz CT molecular complexity index is 753. The van der Waals surface area contributed by atoms with E-state index in [0.717, 1.165) is 19.2 Å². The number of benzene rings is 1. The maximum absolute atomic E-state index is 12.8. The molecule has 1 fully saturated rings. The number of nitrogens with zero attached hydrogens (tertiary/aromatic N) is 2. The Kier molecular flexibility index (Phi) is 6.65. The van der Waals surface area contributed by atoms with Crippen LogP contribution >= 0.6 is 0 Å². The van der Waals surface area contributed by atoms with Crippen LogP contribution in [0.15, 0.2) is 18.2 Å². The molecule has 1 heterocycles. The number of esters is 1. The first-order valence-corrected chi connectivity index (χ1v) is 8.53. The van der Waals surface area contributed by atoms with Crippen LogP contribution in [-0.2, 0) is 20.5 Å². The van der Waals surface area contributed by atoms with Crippen molar-refractivity contribution in [1.82, 2.24) is 4.90 Å². The number of likely N-dealkylation sites (N-methyl/N-ethyl adjacent to an activating group) is 1. The van der Waals surface area contributed by atoms with Crippen molar-refractivity contribution in [3.8, 4) is 0 Å². The minimum atomic E-state index is -4.59. The number of methoxy groups -OCH3 is 1. The van der Waals surface area contributed by atoms with Crippen molar-refractivity contribution in [2.75, 3.05) is 32.1 Å². The molecule has 0 aromatic heterocycles. The molecule has 1 N–H and O–H groups in total. The zero-order valence-corrected chi connectivity index (χ0v) is 15.4. The first-order valence-electron chi connectivity index (χ1n) is 8.53. The van der Waals surface area contributed by atoms with E-state index in [1.165, 1.54) is 16.8 Å². The number of aliphatic hydroxyl groups excluding tert-OH is 1. The van der Waals surface area contributed by atoms with Crippen molar-refractivity contribution in [3.63, 3.8) is 0 Å². The number of halogens is 3. The summed E-state index contributed by atoms with van der Waals surface area (Å²) in [5, 5.41) is 10.1. The summed E-state index contributed by atoms with van der Waals surface area (Å²) in [5.41, 5.74) is -1.04. The summed E-state index contributed by atoms with van der Waals surface area (Å²) in [5.74, 6) is -1.26. The molecule has 1 amide bonds. The Morgan fingerprint density at radius 2 is 2.07 bits per heavy atom. The second-order valence-electron chi connectivity index (χ2n) is 6.51. The zero-order valence-electron chi connectivity index (χ0n) is 15.4. The molecule has 1 aliphatic heterocycles. The molecule has 28 heavy (non-hydrogen) atoms. The second-order valence-corrected chi connectivity index (χ2v) is 6.51. The first kappa shape index (κ1) is 21.7. The third kappa shape index (κ3) is 4.61. The largest absolute Gasteiger partial charge is 0.467 e. The fourth-order valence-electron chi connectivity index (χ4n) is 3.21. The number of likely N-dealkylation sites (tertiary alicyclic amines) is 1. The van der Waals surface area contributed by atoms with Crippen LogP contribution < -0.4 is 4.90 Å². The molecular weight excluding hydrogens is 381 g/mol. The topological polar surface area (TPSA) is 87.2 Å². The number of carbonyl (C=O) groups excluding carboxylic acids is 3. The highest BCUT2D eigenvalue weighted by Crippen LogP contribution is 2.32. The molecule has 1 aliphatic rings. The van der Waals surface area contributed by atoms with Crippen molar-refractivity contribution < 1.29 is 37.4 Å². The summed E-state index contributed by atoms with van der Waals surface area (Å²) in [4.78, 5) is 38.4. The van der Waals surface area contributed by atoms with Crippen LogP contribution in [0.2, 0.25) is 0 Å². The van der Waals surface area contributed by atoms with Crippen LogP contribution in [0.3, 0.4) is 0 Å². The van der Waals surface area contributed by atoms with E-state index in [1.54, 1.807) is 0 Å². The van der Waals surface area contributed by atoms with Gasteiger partial charge in [-0.2, -0.15) is 13.2 Å². The lowest BCUT2D eigenvalue weighted by Gasteiger charge is -2.38. The minimum absolute atomic E-state index is 0.142. The van der Waals surface area contributed by atoms with Gasteiger partial charge in [0.15, 0.2) is 12.3 Å². The SMILES string of the molecule is COC(=O)C1C(O)CCCN1C(=O)CN(C)c1ccc(C(F)(F)F)cc1C=O. The number of amides is 1. The van der Waals surface area contributed by atoms with Crippen LogP contribution in [0.4, 0.5) is 18.9 Å². The number of hydrogen-bond acceptors (Lipinski definition) is 6. The van der Waals surface area contributed by atoms with Crippen molar-refractivity contribution in [2.45, 2.75) is 31.2 Å². The van der Waals surface area contributed by atoms with Gasteiger partial charge in [-0.15, -0.1) is 0 Å². The van der Waals surface area contributed by atoms with Crippen LogP contribution in [0.5, 0.6) is 0 Å². The van der Waals surface area contributed by atoms with Crippen LogP contribution in [0.1, 0.15) is 28.8 Å². The molecule has 0 radical (unpaired) electrons. The molecule has 1 saturated heterocycles. The molecule has 10 heteroatoms. The lowest BCUT2D eigenvalue weighted by molar-refractivity contribution is -0.160. The highest BCUT2D eigenvalue weighted by atomic mass is 19.4. The summed E-state index contributed by atoms with van der Waals surface area (Å²) in [6.07, 6.45) is -4.54. The van der Waals surface area contributed by atoms with Gasteiger partial charge in [-0.05, 0) is 31.0 Å². The van der Waals surface area contributed by atoms with Gasteiger partial charge in [0.25, 0.3) is 0 Å². The normalized spacial score (nSPS) is 19.9. The third-order valence-corrected chi connectivity index (χ3v) is 4.63. The molecule has 2 atom stereocenters. The molecule has 0 saturated carbocycles. The monoisotopic (exact) mass is 402 g/mol. The molecule has 7 nitrogen and oxygen atoms in total. The molecule has 1 aromatic carbocycles. The van der Waals surface area contributed by atoms with Crippen molar-refractivity contribution in [3.05, 3.63) is 29.3 Å². The summed E-state index contributed by atoms with van der Waals surface area (Å²) < 4.78 is 43.1. The Morgan fingerprint density at radius 1 is 1.39 bits per heavy atom. The minimum Gasteiger partial charge on any atom is -0.467 e. The zero-order chi connectivity index (χ0) is 21.1. The molecule has 2 rings (SSSR count).